The molecule has 110 valence electrons. The highest BCUT2D eigenvalue weighted by atomic mass is 16.4. The van der Waals surface area contributed by atoms with E-state index in [-0.39, 0.29) is 6.54 Å². The van der Waals surface area contributed by atoms with Crippen molar-refractivity contribution in [2.45, 2.75) is 58.0 Å². The van der Waals surface area contributed by atoms with Gasteiger partial charge in [0.05, 0.1) is 6.54 Å². The number of carboxylic acid groups (broad SMARTS) is 1. The highest BCUT2D eigenvalue weighted by Crippen LogP contribution is 2.33. The lowest BCUT2D eigenvalue weighted by Crippen LogP contribution is -2.54. The van der Waals surface area contributed by atoms with Crippen LogP contribution in [0.1, 0.15) is 46.0 Å². The van der Waals surface area contributed by atoms with Gasteiger partial charge in [-0.1, -0.05) is 13.8 Å². The lowest BCUT2D eigenvalue weighted by atomic mass is 9.85. The monoisotopic (exact) mass is 268 g/mol. The van der Waals surface area contributed by atoms with Crippen LogP contribution < -0.4 is 5.32 Å². The van der Waals surface area contributed by atoms with Crippen LogP contribution in [0.3, 0.4) is 0 Å². The normalized spacial score (nSPS) is 26.7. The molecule has 2 rings (SSSR count). The Kier molecular flexibility index (Phi) is 5.22. The van der Waals surface area contributed by atoms with Gasteiger partial charge >= 0.3 is 5.97 Å². The molecule has 19 heavy (non-hydrogen) atoms. The van der Waals surface area contributed by atoms with Crippen molar-refractivity contribution in [2.24, 2.45) is 11.8 Å². The van der Waals surface area contributed by atoms with Crippen LogP contribution in [0.25, 0.3) is 0 Å². The Balaban J connectivity index is 1.65. The molecule has 0 aromatic carbocycles. The van der Waals surface area contributed by atoms with E-state index >= 15 is 0 Å². The summed E-state index contributed by atoms with van der Waals surface area (Å²) < 4.78 is 0. The van der Waals surface area contributed by atoms with Gasteiger partial charge in [0, 0.05) is 18.6 Å². The molecule has 4 heteroatoms. The van der Waals surface area contributed by atoms with Gasteiger partial charge in [-0.25, -0.2) is 0 Å². The second-order valence-electron chi connectivity index (χ2n) is 6.73. The smallest absolute Gasteiger partial charge is 0.317 e. The van der Waals surface area contributed by atoms with Crippen LogP contribution in [0.15, 0.2) is 0 Å². The van der Waals surface area contributed by atoms with Crippen molar-refractivity contribution in [3.05, 3.63) is 0 Å². The lowest BCUT2D eigenvalue weighted by molar-refractivity contribution is -0.139. The Morgan fingerprint density at radius 2 is 2.05 bits per heavy atom. The number of nitrogens with one attached hydrogen (secondary N) is 1. The molecule has 2 fully saturated rings. The first-order valence-electron chi connectivity index (χ1n) is 7.73. The van der Waals surface area contributed by atoms with Crippen molar-refractivity contribution < 1.29 is 9.90 Å². The Labute approximate surface area is 116 Å². The maximum Gasteiger partial charge on any atom is 0.317 e. The van der Waals surface area contributed by atoms with Crippen molar-refractivity contribution >= 4 is 5.97 Å². The summed E-state index contributed by atoms with van der Waals surface area (Å²) in [5.74, 6) is 0.839. The van der Waals surface area contributed by atoms with E-state index in [2.05, 4.69) is 24.1 Å². The maximum absolute atomic E-state index is 10.9. The zero-order valence-electron chi connectivity index (χ0n) is 12.3. The summed E-state index contributed by atoms with van der Waals surface area (Å²) in [7, 11) is 0. The Morgan fingerprint density at radius 1 is 1.37 bits per heavy atom. The molecule has 0 heterocycles. The van der Waals surface area contributed by atoms with Crippen LogP contribution in [0.2, 0.25) is 0 Å². The molecule has 0 radical (unpaired) electrons. The largest absolute Gasteiger partial charge is 0.480 e. The fourth-order valence-corrected chi connectivity index (χ4v) is 2.78. The molecule has 0 amide bonds. The molecule has 2 aliphatic rings. The van der Waals surface area contributed by atoms with Gasteiger partial charge in [0.25, 0.3) is 0 Å². The highest BCUT2D eigenvalue weighted by Gasteiger charge is 2.36. The molecule has 0 atom stereocenters. The third-order valence-electron chi connectivity index (χ3n) is 4.31. The SMILES string of the molecule is CC(C)CCNC1CC(N(CC(=O)O)CC2CC2)C1. The molecule has 2 saturated carbocycles. The second-order valence-corrected chi connectivity index (χ2v) is 6.73. The fraction of sp³-hybridized carbons (Fsp3) is 0.933. The van der Waals surface area contributed by atoms with Crippen LogP contribution in [-0.2, 0) is 4.79 Å². The minimum atomic E-state index is -0.683. The zero-order valence-corrected chi connectivity index (χ0v) is 12.3. The number of hydrogen-bond acceptors (Lipinski definition) is 3. The first-order valence-corrected chi connectivity index (χ1v) is 7.73. The molecule has 4 nitrogen and oxygen atoms in total. The Morgan fingerprint density at radius 3 is 2.58 bits per heavy atom. The summed E-state index contributed by atoms with van der Waals surface area (Å²) in [5.41, 5.74) is 0. The summed E-state index contributed by atoms with van der Waals surface area (Å²) in [4.78, 5) is 13.1. The van der Waals surface area contributed by atoms with Crippen LogP contribution in [0.5, 0.6) is 0 Å². The van der Waals surface area contributed by atoms with Gasteiger partial charge in [0.15, 0.2) is 0 Å². The highest BCUT2D eigenvalue weighted by molar-refractivity contribution is 5.69. The van der Waals surface area contributed by atoms with Gasteiger partial charge in [0.1, 0.15) is 0 Å². The Hall–Kier alpha value is -0.610. The summed E-state index contributed by atoms with van der Waals surface area (Å²) in [5, 5.41) is 12.6. The summed E-state index contributed by atoms with van der Waals surface area (Å²) >= 11 is 0. The number of nitrogens with zero attached hydrogens (tertiary/aromatic N) is 1. The van der Waals surface area contributed by atoms with E-state index in [9.17, 15) is 4.79 Å². The van der Waals surface area contributed by atoms with Gasteiger partial charge in [-0.15, -0.1) is 0 Å². The predicted octanol–water partition coefficient (Wildman–Crippen LogP) is 1.95. The third-order valence-corrected chi connectivity index (χ3v) is 4.31. The second kappa shape index (κ2) is 6.71. The maximum atomic E-state index is 10.9. The standard InChI is InChI=1S/C15H28N2O2/c1-11(2)5-6-16-13-7-14(8-13)17(10-15(18)19)9-12-3-4-12/h11-14,16H,3-10H2,1-2H3,(H,18,19). The number of hydrogen-bond donors (Lipinski definition) is 2. The van der Waals surface area contributed by atoms with Crippen LogP contribution in [0, 0.1) is 11.8 Å². The summed E-state index contributed by atoms with van der Waals surface area (Å²) in [6, 6.07) is 1.10. The van der Waals surface area contributed by atoms with Crippen LogP contribution >= 0.6 is 0 Å². The molecular formula is C15H28N2O2. The number of aliphatic carboxylic acids is 1. The molecule has 0 aliphatic heterocycles. The first kappa shape index (κ1) is 14.8. The Bertz CT molecular complexity index is 297. The van der Waals surface area contributed by atoms with Crippen molar-refractivity contribution in [1.29, 1.82) is 0 Å². The summed E-state index contributed by atoms with van der Waals surface area (Å²) in [6.45, 7) is 6.80. The van der Waals surface area contributed by atoms with E-state index in [1.54, 1.807) is 0 Å². The molecule has 0 bridgehead atoms. The average molecular weight is 268 g/mol. The van der Waals surface area contributed by atoms with E-state index in [1.807, 2.05) is 0 Å². The first-order chi connectivity index (χ1) is 9.04. The quantitative estimate of drug-likeness (QED) is 0.671. The van der Waals surface area contributed by atoms with Gasteiger partial charge in [-0.2, -0.15) is 0 Å². The van der Waals surface area contributed by atoms with E-state index in [0.29, 0.717) is 12.1 Å². The summed E-state index contributed by atoms with van der Waals surface area (Å²) in [6.07, 6.45) is 6.05. The van der Waals surface area contributed by atoms with Gasteiger partial charge in [-0.05, 0) is 50.5 Å². The number of carbonyl (C=O) groups is 1. The predicted molar refractivity (Wildman–Crippen MR) is 76.2 cm³/mol. The van der Waals surface area contributed by atoms with E-state index in [1.165, 1.54) is 19.3 Å². The van der Waals surface area contributed by atoms with E-state index in [0.717, 1.165) is 37.8 Å². The molecule has 0 aromatic rings. The van der Waals surface area contributed by atoms with Crippen molar-refractivity contribution in [2.75, 3.05) is 19.6 Å². The molecule has 0 aromatic heterocycles. The van der Waals surface area contributed by atoms with E-state index in [4.69, 9.17) is 5.11 Å². The molecule has 0 unspecified atom stereocenters. The number of carboxylic acids is 1. The van der Waals surface area contributed by atoms with Crippen LogP contribution in [-0.4, -0.2) is 47.7 Å². The topological polar surface area (TPSA) is 52.6 Å². The molecule has 0 saturated heterocycles. The lowest BCUT2D eigenvalue weighted by Gasteiger charge is -2.43. The van der Waals surface area contributed by atoms with Crippen molar-refractivity contribution in [3.63, 3.8) is 0 Å². The minimum absolute atomic E-state index is 0.222. The number of rotatable bonds is 9. The van der Waals surface area contributed by atoms with Crippen LogP contribution in [0.4, 0.5) is 0 Å². The van der Waals surface area contributed by atoms with Crippen molar-refractivity contribution in [1.82, 2.24) is 10.2 Å². The third kappa shape index (κ3) is 5.11. The van der Waals surface area contributed by atoms with Gasteiger partial charge in [0.2, 0.25) is 0 Å². The van der Waals surface area contributed by atoms with Gasteiger partial charge in [-0.3, -0.25) is 9.69 Å². The van der Waals surface area contributed by atoms with E-state index < -0.39 is 5.97 Å². The molecule has 2 N–H and O–H groups in total. The molecule has 0 spiro atoms. The van der Waals surface area contributed by atoms with Crippen molar-refractivity contribution in [3.8, 4) is 0 Å². The average Bonchev–Trinajstić information content (AvgIpc) is 3.03. The molecular weight excluding hydrogens is 240 g/mol. The zero-order chi connectivity index (χ0) is 13.8. The fourth-order valence-electron chi connectivity index (χ4n) is 2.78. The molecule has 2 aliphatic carbocycles. The minimum Gasteiger partial charge on any atom is -0.480 e. The van der Waals surface area contributed by atoms with Gasteiger partial charge < -0.3 is 10.4 Å².